The van der Waals surface area contributed by atoms with Crippen LogP contribution in [0.5, 0.6) is 5.75 Å². The van der Waals surface area contributed by atoms with Gasteiger partial charge in [-0.2, -0.15) is 0 Å². The lowest BCUT2D eigenvalue weighted by Gasteiger charge is -2.15. The molecule has 0 saturated carbocycles. The molecule has 0 saturated heterocycles. The fourth-order valence-corrected chi connectivity index (χ4v) is 5.16. The third-order valence-electron chi connectivity index (χ3n) is 4.61. The zero-order valence-electron chi connectivity index (χ0n) is 14.1. The minimum atomic E-state index is -0.505. The van der Waals surface area contributed by atoms with E-state index in [9.17, 15) is 9.90 Å². The van der Waals surface area contributed by atoms with Crippen molar-refractivity contribution in [1.29, 1.82) is 0 Å². The highest BCUT2D eigenvalue weighted by atomic mass is 127. The molecule has 1 amide bonds. The first kappa shape index (κ1) is 18.5. The molecule has 0 aliphatic heterocycles. The molecule has 0 unspecified atom stereocenters. The highest BCUT2D eigenvalue weighted by molar-refractivity contribution is 14.1. The van der Waals surface area contributed by atoms with Crippen molar-refractivity contribution in [3.8, 4) is 16.9 Å². The number of ether oxygens (including phenoxy) is 1. The predicted octanol–water partition coefficient (Wildman–Crippen LogP) is 5.96. The fraction of sp³-hybridized carbons (Fsp3) is 0.0952. The lowest BCUT2D eigenvalue weighted by Crippen LogP contribution is -2.18. The number of nitrogens with one attached hydrogen (secondary N) is 1. The monoisotopic (exact) mass is 583 g/mol. The molecular formula is C21H15I2NO3. The van der Waals surface area contributed by atoms with Gasteiger partial charge in [-0.15, -0.1) is 0 Å². The molecule has 6 heteroatoms. The summed E-state index contributed by atoms with van der Waals surface area (Å²) in [5, 5.41) is 12.6. The van der Waals surface area contributed by atoms with Crippen LogP contribution in [0.3, 0.4) is 0 Å². The molecule has 136 valence electrons. The summed E-state index contributed by atoms with van der Waals surface area (Å²) in [5.74, 6) is 0.248. The van der Waals surface area contributed by atoms with Crippen molar-refractivity contribution in [2.45, 2.75) is 5.92 Å². The van der Waals surface area contributed by atoms with E-state index in [4.69, 9.17) is 4.74 Å². The van der Waals surface area contributed by atoms with Crippen LogP contribution in [0.15, 0.2) is 60.7 Å². The Labute approximate surface area is 184 Å². The Kier molecular flexibility index (Phi) is 5.27. The Hall–Kier alpha value is -1.81. The number of hydrogen-bond acceptors (Lipinski definition) is 3. The van der Waals surface area contributed by atoms with Gasteiger partial charge < -0.3 is 9.84 Å². The number of carbonyl (C=O) groups excluding carboxylic acids is 1. The van der Waals surface area contributed by atoms with Crippen molar-refractivity contribution in [3.05, 3.63) is 78.9 Å². The van der Waals surface area contributed by atoms with Crippen LogP contribution in [-0.4, -0.2) is 17.8 Å². The number of rotatable bonds is 3. The number of phenolic OH excluding ortho intramolecular Hbond substituents is 1. The molecule has 1 aliphatic rings. The Bertz CT molecular complexity index is 967. The molecule has 0 bridgehead atoms. The Balaban J connectivity index is 1.50. The van der Waals surface area contributed by atoms with Crippen molar-refractivity contribution >= 4 is 57.0 Å². The summed E-state index contributed by atoms with van der Waals surface area (Å²) in [6.07, 6.45) is -0.505. The minimum Gasteiger partial charge on any atom is -0.506 e. The maximum absolute atomic E-state index is 12.3. The summed E-state index contributed by atoms with van der Waals surface area (Å²) in [6, 6.07) is 19.9. The average Bonchev–Trinajstić information content (AvgIpc) is 2.98. The van der Waals surface area contributed by atoms with E-state index in [1.54, 1.807) is 12.1 Å². The molecule has 0 spiro atoms. The zero-order valence-corrected chi connectivity index (χ0v) is 18.4. The zero-order chi connectivity index (χ0) is 19.0. The number of fused-ring (bicyclic) bond motifs is 3. The fourth-order valence-electron chi connectivity index (χ4n) is 3.39. The first-order chi connectivity index (χ1) is 13.0. The van der Waals surface area contributed by atoms with Gasteiger partial charge in [0.1, 0.15) is 12.4 Å². The standard InChI is InChI=1S/C21H15I2NO3/c22-18-9-12(10-19(23)20(18)25)24-21(26)27-11-17-15-7-3-1-5-13(15)14-6-2-4-8-16(14)17/h1-10,17,25H,11H2,(H,24,26). The van der Waals surface area contributed by atoms with Crippen LogP contribution < -0.4 is 5.32 Å². The van der Waals surface area contributed by atoms with E-state index in [-0.39, 0.29) is 18.3 Å². The molecule has 0 radical (unpaired) electrons. The van der Waals surface area contributed by atoms with Crippen LogP contribution in [-0.2, 0) is 4.74 Å². The van der Waals surface area contributed by atoms with Crippen LogP contribution in [0.1, 0.15) is 17.0 Å². The van der Waals surface area contributed by atoms with Crippen LogP contribution in [0.25, 0.3) is 11.1 Å². The number of carbonyl (C=O) groups is 1. The molecular weight excluding hydrogens is 568 g/mol. The van der Waals surface area contributed by atoms with Gasteiger partial charge in [-0.25, -0.2) is 4.79 Å². The molecule has 3 aromatic carbocycles. The Morgan fingerprint density at radius 1 is 0.963 bits per heavy atom. The molecule has 1 aliphatic carbocycles. The van der Waals surface area contributed by atoms with Crippen LogP contribution in [0.2, 0.25) is 0 Å². The Morgan fingerprint density at radius 3 is 2.04 bits per heavy atom. The third kappa shape index (κ3) is 3.64. The van der Waals surface area contributed by atoms with Crippen LogP contribution >= 0.6 is 45.2 Å². The summed E-state index contributed by atoms with van der Waals surface area (Å²) < 4.78 is 6.89. The summed E-state index contributed by atoms with van der Waals surface area (Å²) in [6.45, 7) is 0.270. The van der Waals surface area contributed by atoms with Gasteiger partial charge in [-0.1, -0.05) is 48.5 Å². The van der Waals surface area contributed by atoms with Crippen LogP contribution in [0.4, 0.5) is 10.5 Å². The number of anilines is 1. The van der Waals surface area contributed by atoms with E-state index in [0.717, 1.165) is 0 Å². The molecule has 4 nitrogen and oxygen atoms in total. The van der Waals surface area contributed by atoms with Gasteiger partial charge in [-0.05, 0) is 79.6 Å². The van der Waals surface area contributed by atoms with Gasteiger partial charge in [0.25, 0.3) is 0 Å². The molecule has 2 N–H and O–H groups in total. The summed E-state index contributed by atoms with van der Waals surface area (Å²) in [5.41, 5.74) is 5.36. The number of hydrogen-bond donors (Lipinski definition) is 2. The number of phenols is 1. The normalized spacial score (nSPS) is 12.4. The van der Waals surface area contributed by atoms with E-state index < -0.39 is 6.09 Å². The van der Waals surface area contributed by atoms with E-state index in [2.05, 4.69) is 29.6 Å². The summed E-state index contributed by atoms with van der Waals surface area (Å²) >= 11 is 4.06. The highest BCUT2D eigenvalue weighted by Gasteiger charge is 2.29. The van der Waals surface area contributed by atoms with Crippen LogP contribution in [0, 0.1) is 7.14 Å². The van der Waals surface area contributed by atoms with E-state index in [0.29, 0.717) is 12.8 Å². The number of aromatic hydroxyl groups is 1. The number of benzene rings is 3. The average molecular weight is 583 g/mol. The second-order valence-electron chi connectivity index (χ2n) is 6.24. The molecule has 0 atom stereocenters. The first-order valence-electron chi connectivity index (χ1n) is 8.34. The van der Waals surface area contributed by atoms with Gasteiger partial charge in [0, 0.05) is 11.6 Å². The number of amides is 1. The van der Waals surface area contributed by atoms with Gasteiger partial charge in [0.2, 0.25) is 0 Å². The number of halogens is 2. The predicted molar refractivity (Wildman–Crippen MR) is 122 cm³/mol. The second kappa shape index (κ2) is 7.67. The lowest BCUT2D eigenvalue weighted by atomic mass is 9.98. The summed E-state index contributed by atoms with van der Waals surface area (Å²) in [7, 11) is 0. The van der Waals surface area contributed by atoms with Gasteiger partial charge in [0.15, 0.2) is 0 Å². The lowest BCUT2D eigenvalue weighted by molar-refractivity contribution is 0.158. The second-order valence-corrected chi connectivity index (χ2v) is 8.56. The molecule has 3 aromatic rings. The molecule has 27 heavy (non-hydrogen) atoms. The Morgan fingerprint density at radius 2 is 1.48 bits per heavy atom. The maximum atomic E-state index is 12.3. The largest absolute Gasteiger partial charge is 0.506 e. The molecule has 4 rings (SSSR count). The first-order valence-corrected chi connectivity index (χ1v) is 10.5. The minimum absolute atomic E-state index is 0.0308. The highest BCUT2D eigenvalue weighted by Crippen LogP contribution is 2.44. The van der Waals surface area contributed by atoms with E-state index >= 15 is 0 Å². The van der Waals surface area contributed by atoms with Crippen molar-refractivity contribution in [2.75, 3.05) is 11.9 Å². The smallest absolute Gasteiger partial charge is 0.411 e. The quantitative estimate of drug-likeness (QED) is 0.296. The van der Waals surface area contributed by atoms with Crippen molar-refractivity contribution in [1.82, 2.24) is 0 Å². The topological polar surface area (TPSA) is 58.6 Å². The SMILES string of the molecule is O=C(Nc1cc(I)c(O)c(I)c1)OCC1c2ccccc2-c2ccccc21. The summed E-state index contributed by atoms with van der Waals surface area (Å²) in [4.78, 5) is 12.3. The molecule has 0 heterocycles. The van der Waals surface area contributed by atoms with Gasteiger partial charge >= 0.3 is 6.09 Å². The third-order valence-corrected chi connectivity index (χ3v) is 6.25. The van der Waals surface area contributed by atoms with Crippen molar-refractivity contribution in [2.24, 2.45) is 0 Å². The van der Waals surface area contributed by atoms with E-state index in [1.165, 1.54) is 22.3 Å². The van der Waals surface area contributed by atoms with Gasteiger partial charge in [-0.3, -0.25) is 5.32 Å². The molecule has 0 aromatic heterocycles. The van der Waals surface area contributed by atoms with Crippen molar-refractivity contribution in [3.63, 3.8) is 0 Å². The molecule has 0 fully saturated rings. The van der Waals surface area contributed by atoms with Gasteiger partial charge in [0.05, 0.1) is 7.14 Å². The van der Waals surface area contributed by atoms with E-state index in [1.807, 2.05) is 69.4 Å². The maximum Gasteiger partial charge on any atom is 0.411 e. The van der Waals surface area contributed by atoms with Crippen molar-refractivity contribution < 1.29 is 14.6 Å².